The van der Waals surface area contributed by atoms with Gasteiger partial charge in [-0.05, 0) is 42.6 Å². The Morgan fingerprint density at radius 1 is 1.11 bits per heavy atom. The predicted molar refractivity (Wildman–Crippen MR) is 110 cm³/mol. The highest BCUT2D eigenvalue weighted by molar-refractivity contribution is 7.14. The van der Waals surface area contributed by atoms with Crippen LogP contribution in [0.1, 0.15) is 12.7 Å². The van der Waals surface area contributed by atoms with Gasteiger partial charge < -0.3 is 9.15 Å². The molecule has 0 aliphatic heterocycles. The average molecular weight is 396 g/mol. The van der Waals surface area contributed by atoms with Crippen molar-refractivity contribution in [2.24, 2.45) is 10.1 Å². The van der Waals surface area contributed by atoms with Crippen LogP contribution in [0.15, 0.2) is 80.1 Å². The molecule has 27 heavy (non-hydrogen) atoms. The van der Waals surface area contributed by atoms with E-state index in [4.69, 9.17) is 19.2 Å². The summed E-state index contributed by atoms with van der Waals surface area (Å²) in [4.78, 5) is 6.69. The lowest BCUT2D eigenvalue weighted by Crippen LogP contribution is -2.13. The number of thiophene rings is 1. The minimum Gasteiger partial charge on any atom is -0.497 e. The Morgan fingerprint density at radius 2 is 2.04 bits per heavy atom. The van der Waals surface area contributed by atoms with Gasteiger partial charge >= 0.3 is 0 Å². The van der Waals surface area contributed by atoms with Gasteiger partial charge in [0.25, 0.3) is 0 Å². The lowest BCUT2D eigenvalue weighted by Gasteiger charge is -2.04. The second kappa shape index (κ2) is 7.77. The molecule has 0 unspecified atom stereocenters. The molecule has 0 atom stereocenters. The third-order valence-electron chi connectivity index (χ3n) is 3.86. The Bertz CT molecular complexity index is 1120. The quantitative estimate of drug-likeness (QED) is 0.426. The van der Waals surface area contributed by atoms with Crippen LogP contribution in [0.3, 0.4) is 0 Å². The van der Waals surface area contributed by atoms with Crippen LogP contribution < -0.4 is 9.54 Å². The third kappa shape index (κ3) is 3.79. The Labute approximate surface area is 164 Å². The summed E-state index contributed by atoms with van der Waals surface area (Å²) in [5, 5.41) is 8.92. The van der Waals surface area contributed by atoms with Crippen LogP contribution in [0.5, 0.6) is 5.75 Å². The Hall–Kier alpha value is -2.90. The highest BCUT2D eigenvalue weighted by atomic mass is 32.1. The number of nitrogens with zero attached hydrogens (tertiary/aromatic N) is 3. The van der Waals surface area contributed by atoms with Crippen LogP contribution >= 0.6 is 22.7 Å². The first-order chi connectivity index (χ1) is 13.2. The lowest BCUT2D eigenvalue weighted by molar-refractivity contribution is 0.415. The van der Waals surface area contributed by atoms with Gasteiger partial charge in [0.1, 0.15) is 17.2 Å². The van der Waals surface area contributed by atoms with Crippen molar-refractivity contribution in [1.29, 1.82) is 0 Å². The molecule has 7 heteroatoms. The zero-order valence-electron chi connectivity index (χ0n) is 14.8. The summed E-state index contributed by atoms with van der Waals surface area (Å²) >= 11 is 3.22. The molecule has 0 bridgehead atoms. The molecule has 3 aromatic heterocycles. The van der Waals surface area contributed by atoms with Gasteiger partial charge in [-0.15, -0.1) is 22.7 Å². The van der Waals surface area contributed by atoms with E-state index < -0.39 is 0 Å². The van der Waals surface area contributed by atoms with Gasteiger partial charge in [0.15, 0.2) is 0 Å². The molecule has 1 aromatic carbocycles. The molecule has 3 heterocycles. The van der Waals surface area contributed by atoms with Crippen LogP contribution in [0.2, 0.25) is 0 Å². The van der Waals surface area contributed by atoms with Gasteiger partial charge in [0, 0.05) is 11.4 Å². The van der Waals surface area contributed by atoms with E-state index in [-0.39, 0.29) is 0 Å². The summed E-state index contributed by atoms with van der Waals surface area (Å²) in [6, 6.07) is 15.5. The highest BCUT2D eigenvalue weighted by Crippen LogP contribution is 2.26. The molecule has 0 radical (unpaired) electrons. The molecule has 4 rings (SSSR count). The van der Waals surface area contributed by atoms with Crippen molar-refractivity contribution in [3.8, 4) is 16.3 Å². The average Bonchev–Trinajstić information content (AvgIpc) is 3.44. The molecule has 0 amide bonds. The topological polar surface area (TPSA) is 52.0 Å². The molecule has 5 nitrogen and oxygen atoms in total. The normalized spacial score (nSPS) is 12.5. The number of hydrogen-bond donors (Lipinski definition) is 0. The van der Waals surface area contributed by atoms with Gasteiger partial charge in [-0.2, -0.15) is 5.10 Å². The van der Waals surface area contributed by atoms with E-state index >= 15 is 0 Å². The van der Waals surface area contributed by atoms with Gasteiger partial charge in [-0.3, -0.25) is 0 Å². The van der Waals surface area contributed by atoms with Crippen LogP contribution in [-0.2, 0) is 0 Å². The second-order valence-corrected chi connectivity index (χ2v) is 7.45. The SMILES string of the molecule is COc1cccc(N=c2scc(-c3cccs3)n2N=C(C)c2ccco2)c1. The van der Waals surface area contributed by atoms with Crippen molar-refractivity contribution >= 4 is 34.1 Å². The largest absolute Gasteiger partial charge is 0.497 e. The van der Waals surface area contributed by atoms with Crippen LogP contribution in [0.25, 0.3) is 10.6 Å². The minimum atomic E-state index is 0.734. The first-order valence-electron chi connectivity index (χ1n) is 8.27. The first-order valence-corrected chi connectivity index (χ1v) is 10.0. The summed E-state index contributed by atoms with van der Waals surface area (Å²) in [6.07, 6.45) is 1.65. The smallest absolute Gasteiger partial charge is 0.211 e. The summed E-state index contributed by atoms with van der Waals surface area (Å²) < 4.78 is 12.6. The van der Waals surface area contributed by atoms with E-state index in [1.807, 2.05) is 54.1 Å². The Kier molecular flexibility index (Phi) is 5.04. The summed E-state index contributed by atoms with van der Waals surface area (Å²) in [7, 11) is 1.65. The first kappa shape index (κ1) is 17.5. The number of rotatable bonds is 5. The number of furan rings is 1. The number of thiazole rings is 1. The van der Waals surface area contributed by atoms with E-state index in [1.165, 1.54) is 0 Å². The zero-order valence-corrected chi connectivity index (χ0v) is 16.5. The third-order valence-corrected chi connectivity index (χ3v) is 5.57. The van der Waals surface area contributed by atoms with Crippen molar-refractivity contribution in [3.05, 3.63) is 76.1 Å². The monoisotopic (exact) mass is 395 g/mol. The fourth-order valence-corrected chi connectivity index (χ4v) is 4.19. The molecule has 0 saturated carbocycles. The molecule has 4 aromatic rings. The Morgan fingerprint density at radius 3 is 2.78 bits per heavy atom. The van der Waals surface area contributed by atoms with E-state index in [0.29, 0.717) is 0 Å². The fraction of sp³-hybridized carbons (Fsp3) is 0.100. The molecule has 0 saturated heterocycles. The molecular weight excluding hydrogens is 378 g/mol. The minimum absolute atomic E-state index is 0.734. The number of hydrogen-bond acceptors (Lipinski definition) is 6. The number of aromatic nitrogens is 1. The van der Waals surface area contributed by atoms with Gasteiger partial charge in [0.2, 0.25) is 4.80 Å². The van der Waals surface area contributed by atoms with E-state index in [1.54, 1.807) is 36.0 Å². The van der Waals surface area contributed by atoms with Crippen LogP contribution in [0.4, 0.5) is 5.69 Å². The maximum Gasteiger partial charge on any atom is 0.211 e. The molecule has 136 valence electrons. The molecule has 0 aliphatic rings. The zero-order chi connectivity index (χ0) is 18.6. The number of ether oxygens (including phenoxy) is 1. The van der Waals surface area contributed by atoms with Crippen molar-refractivity contribution in [1.82, 2.24) is 4.68 Å². The summed E-state index contributed by atoms with van der Waals surface area (Å²) in [6.45, 7) is 1.93. The maximum atomic E-state index is 5.48. The maximum absolute atomic E-state index is 5.48. The van der Waals surface area contributed by atoms with Crippen molar-refractivity contribution in [2.45, 2.75) is 6.92 Å². The predicted octanol–water partition coefficient (Wildman–Crippen LogP) is 5.38. The van der Waals surface area contributed by atoms with Crippen molar-refractivity contribution < 1.29 is 9.15 Å². The van der Waals surface area contributed by atoms with Crippen LogP contribution in [0, 0.1) is 0 Å². The van der Waals surface area contributed by atoms with Crippen molar-refractivity contribution in [2.75, 3.05) is 7.11 Å². The van der Waals surface area contributed by atoms with E-state index in [0.717, 1.165) is 38.3 Å². The molecule has 0 N–H and O–H groups in total. The van der Waals surface area contributed by atoms with Gasteiger partial charge in [-0.25, -0.2) is 9.67 Å². The van der Waals surface area contributed by atoms with Gasteiger partial charge in [-0.1, -0.05) is 12.1 Å². The lowest BCUT2D eigenvalue weighted by atomic mass is 10.3. The summed E-state index contributed by atoms with van der Waals surface area (Å²) in [5.74, 6) is 1.51. The Balaban J connectivity index is 1.87. The molecule has 0 fully saturated rings. The van der Waals surface area contributed by atoms with Gasteiger partial charge in [0.05, 0.1) is 29.6 Å². The highest BCUT2D eigenvalue weighted by Gasteiger charge is 2.10. The van der Waals surface area contributed by atoms with Crippen molar-refractivity contribution in [3.63, 3.8) is 0 Å². The molecular formula is C20H17N3O2S2. The van der Waals surface area contributed by atoms with E-state index in [2.05, 4.69) is 16.8 Å². The standard InChI is InChI=1S/C20H17N3O2S2/c1-14(18-8-4-10-25-18)22-23-17(19-9-5-11-26-19)13-27-20(23)21-15-6-3-7-16(12-15)24-2/h3-13H,1-2H3. The summed E-state index contributed by atoms with van der Waals surface area (Å²) in [5.41, 5.74) is 2.60. The second-order valence-electron chi connectivity index (χ2n) is 5.67. The fourth-order valence-electron chi connectivity index (χ4n) is 2.54. The number of benzene rings is 1. The van der Waals surface area contributed by atoms with E-state index in [9.17, 15) is 0 Å². The molecule has 0 spiro atoms. The van der Waals surface area contributed by atoms with Crippen LogP contribution in [-0.4, -0.2) is 17.5 Å². The number of methoxy groups -OCH3 is 1. The molecule has 0 aliphatic carbocycles.